The highest BCUT2D eigenvalue weighted by molar-refractivity contribution is 7.91. The molecular formula is C15H16FNO3S. The summed E-state index contributed by atoms with van der Waals surface area (Å²) in [7, 11) is -3.61. The quantitative estimate of drug-likeness (QED) is 0.658. The second-order valence-electron chi connectivity index (χ2n) is 4.52. The highest BCUT2D eigenvalue weighted by atomic mass is 32.2. The van der Waals surface area contributed by atoms with Crippen LogP contribution in [0.25, 0.3) is 0 Å². The topological polar surface area (TPSA) is 69.4 Å². The Hall–Kier alpha value is -2.08. The number of rotatable bonds is 6. The molecule has 112 valence electrons. The van der Waals surface area contributed by atoms with E-state index in [2.05, 4.69) is 0 Å². The molecule has 6 heteroatoms. The lowest BCUT2D eigenvalue weighted by Crippen LogP contribution is -2.12. The fourth-order valence-corrected chi connectivity index (χ4v) is 3.28. The third-order valence-corrected chi connectivity index (χ3v) is 4.73. The van der Waals surface area contributed by atoms with Gasteiger partial charge in [-0.25, -0.2) is 12.8 Å². The molecule has 2 aromatic rings. The van der Waals surface area contributed by atoms with Gasteiger partial charge in [-0.15, -0.1) is 0 Å². The molecule has 2 N–H and O–H groups in total. The summed E-state index contributed by atoms with van der Waals surface area (Å²) in [6, 6.07) is 12.4. The maximum absolute atomic E-state index is 13.1. The molecule has 0 fully saturated rings. The van der Waals surface area contributed by atoms with Crippen LogP contribution in [0.1, 0.15) is 6.42 Å². The molecule has 0 radical (unpaired) electrons. The number of hydrogen-bond donors (Lipinski definition) is 1. The van der Waals surface area contributed by atoms with Crippen LogP contribution in [0, 0.1) is 5.82 Å². The summed E-state index contributed by atoms with van der Waals surface area (Å²) < 4.78 is 42.8. The first-order valence-electron chi connectivity index (χ1n) is 6.45. The highest BCUT2D eigenvalue weighted by Gasteiger charge is 2.18. The van der Waals surface area contributed by atoms with Crippen LogP contribution in [-0.4, -0.2) is 20.8 Å². The third-order valence-electron chi connectivity index (χ3n) is 2.88. The van der Waals surface area contributed by atoms with Gasteiger partial charge in [0.25, 0.3) is 0 Å². The minimum absolute atomic E-state index is 0.0559. The molecule has 0 aliphatic rings. The molecule has 0 aromatic heterocycles. The SMILES string of the molecule is Nc1ccc(F)cc1S(=O)(=O)CCCOc1ccccc1. The van der Waals surface area contributed by atoms with Crippen molar-refractivity contribution in [2.24, 2.45) is 0 Å². The number of halogens is 1. The molecule has 2 rings (SSSR count). The van der Waals surface area contributed by atoms with Gasteiger partial charge in [0.15, 0.2) is 9.84 Å². The first kappa shape index (κ1) is 15.3. The van der Waals surface area contributed by atoms with Crippen LogP contribution in [0.4, 0.5) is 10.1 Å². The van der Waals surface area contributed by atoms with Crippen molar-refractivity contribution < 1.29 is 17.5 Å². The smallest absolute Gasteiger partial charge is 0.180 e. The van der Waals surface area contributed by atoms with Crippen LogP contribution >= 0.6 is 0 Å². The fourth-order valence-electron chi connectivity index (χ4n) is 1.84. The molecule has 0 atom stereocenters. The number of benzene rings is 2. The van der Waals surface area contributed by atoms with E-state index in [-0.39, 0.29) is 22.9 Å². The van der Waals surface area contributed by atoms with Crippen molar-refractivity contribution >= 4 is 15.5 Å². The van der Waals surface area contributed by atoms with Crippen molar-refractivity contribution in [2.75, 3.05) is 18.1 Å². The van der Waals surface area contributed by atoms with E-state index < -0.39 is 15.7 Å². The van der Waals surface area contributed by atoms with Crippen molar-refractivity contribution in [1.29, 1.82) is 0 Å². The molecule has 0 aliphatic carbocycles. The molecule has 21 heavy (non-hydrogen) atoms. The Kier molecular flexibility index (Phi) is 4.80. The van der Waals surface area contributed by atoms with Crippen molar-refractivity contribution in [3.63, 3.8) is 0 Å². The highest BCUT2D eigenvalue weighted by Crippen LogP contribution is 2.21. The van der Waals surface area contributed by atoms with Crippen LogP contribution in [0.5, 0.6) is 5.75 Å². The van der Waals surface area contributed by atoms with E-state index in [1.807, 2.05) is 18.2 Å². The molecule has 0 unspecified atom stereocenters. The minimum atomic E-state index is -3.61. The zero-order valence-electron chi connectivity index (χ0n) is 11.3. The van der Waals surface area contributed by atoms with Crippen LogP contribution in [0.2, 0.25) is 0 Å². The zero-order valence-corrected chi connectivity index (χ0v) is 12.1. The number of nitrogen functional groups attached to an aromatic ring is 1. The number of anilines is 1. The predicted molar refractivity (Wildman–Crippen MR) is 79.4 cm³/mol. The van der Waals surface area contributed by atoms with E-state index in [0.29, 0.717) is 12.2 Å². The van der Waals surface area contributed by atoms with E-state index >= 15 is 0 Å². The van der Waals surface area contributed by atoms with Gasteiger partial charge >= 0.3 is 0 Å². The van der Waals surface area contributed by atoms with E-state index in [9.17, 15) is 12.8 Å². The third kappa shape index (κ3) is 4.19. The number of sulfone groups is 1. The number of ether oxygens (including phenoxy) is 1. The molecule has 0 aliphatic heterocycles. The van der Waals surface area contributed by atoms with Crippen LogP contribution < -0.4 is 10.5 Å². The summed E-state index contributed by atoms with van der Waals surface area (Å²) >= 11 is 0. The largest absolute Gasteiger partial charge is 0.494 e. The van der Waals surface area contributed by atoms with Gasteiger partial charge in [-0.2, -0.15) is 0 Å². The Labute approximate surface area is 123 Å². The monoisotopic (exact) mass is 309 g/mol. The van der Waals surface area contributed by atoms with Crippen molar-refractivity contribution in [3.05, 3.63) is 54.3 Å². The predicted octanol–water partition coefficient (Wildman–Crippen LogP) is 2.65. The Morgan fingerprint density at radius 3 is 2.52 bits per heavy atom. The maximum atomic E-state index is 13.1. The Balaban J connectivity index is 1.94. The lowest BCUT2D eigenvalue weighted by molar-refractivity contribution is 0.317. The van der Waals surface area contributed by atoms with E-state index in [0.717, 1.165) is 12.1 Å². The summed E-state index contributed by atoms with van der Waals surface area (Å²) in [5.74, 6) is -0.0866. The van der Waals surface area contributed by atoms with Gasteiger partial charge < -0.3 is 10.5 Å². The fraction of sp³-hybridized carbons (Fsp3) is 0.200. The van der Waals surface area contributed by atoms with Crippen LogP contribution in [0.3, 0.4) is 0 Å². The summed E-state index contributed by atoms with van der Waals surface area (Å²) in [5, 5.41) is 0. The van der Waals surface area contributed by atoms with E-state index in [1.165, 1.54) is 6.07 Å². The van der Waals surface area contributed by atoms with Crippen molar-refractivity contribution in [3.8, 4) is 5.75 Å². The second kappa shape index (κ2) is 6.58. The molecule has 4 nitrogen and oxygen atoms in total. The van der Waals surface area contributed by atoms with Gasteiger partial charge in [-0.3, -0.25) is 0 Å². The van der Waals surface area contributed by atoms with E-state index in [4.69, 9.17) is 10.5 Å². The molecule has 0 saturated carbocycles. The summed E-state index contributed by atoms with van der Waals surface area (Å²) in [6.45, 7) is 0.262. The van der Waals surface area contributed by atoms with Gasteiger partial charge in [0.1, 0.15) is 11.6 Å². The molecule has 0 amide bonds. The van der Waals surface area contributed by atoms with Gasteiger partial charge in [-0.05, 0) is 36.8 Å². The Bertz CT molecular complexity index is 702. The number of para-hydroxylation sites is 1. The van der Waals surface area contributed by atoms with Gasteiger partial charge in [0.2, 0.25) is 0 Å². The Morgan fingerprint density at radius 1 is 1.10 bits per heavy atom. The molecule has 0 saturated heterocycles. The number of hydrogen-bond acceptors (Lipinski definition) is 4. The molecule has 0 bridgehead atoms. The van der Waals surface area contributed by atoms with Crippen LogP contribution in [0.15, 0.2) is 53.4 Å². The normalized spacial score (nSPS) is 11.3. The number of nitrogens with two attached hydrogens (primary N) is 1. The van der Waals surface area contributed by atoms with Gasteiger partial charge in [0, 0.05) is 0 Å². The minimum Gasteiger partial charge on any atom is -0.494 e. The summed E-state index contributed by atoms with van der Waals surface area (Å²) in [4.78, 5) is -0.165. The standard InChI is InChI=1S/C15H16FNO3S/c16-12-7-8-14(17)15(11-12)21(18,19)10-4-9-20-13-5-2-1-3-6-13/h1-3,5-8,11H,4,9-10,17H2. The average molecular weight is 309 g/mol. The lowest BCUT2D eigenvalue weighted by atomic mass is 10.3. The molecule has 0 spiro atoms. The van der Waals surface area contributed by atoms with E-state index in [1.54, 1.807) is 12.1 Å². The molecule has 2 aromatic carbocycles. The molecule has 0 heterocycles. The molecular weight excluding hydrogens is 293 g/mol. The van der Waals surface area contributed by atoms with Gasteiger partial charge in [0.05, 0.1) is 22.9 Å². The second-order valence-corrected chi connectivity index (χ2v) is 6.59. The van der Waals surface area contributed by atoms with Crippen molar-refractivity contribution in [2.45, 2.75) is 11.3 Å². The zero-order chi connectivity index (χ0) is 15.3. The first-order chi connectivity index (χ1) is 9.99. The lowest BCUT2D eigenvalue weighted by Gasteiger charge is -2.09. The summed E-state index contributed by atoms with van der Waals surface area (Å²) in [5.41, 5.74) is 5.65. The summed E-state index contributed by atoms with van der Waals surface area (Å²) in [6.07, 6.45) is 0.299. The van der Waals surface area contributed by atoms with Crippen molar-refractivity contribution in [1.82, 2.24) is 0 Å². The first-order valence-corrected chi connectivity index (χ1v) is 8.10. The average Bonchev–Trinajstić information content (AvgIpc) is 2.47. The Morgan fingerprint density at radius 2 is 1.81 bits per heavy atom. The van der Waals surface area contributed by atoms with Crippen LogP contribution in [-0.2, 0) is 9.84 Å². The van der Waals surface area contributed by atoms with Gasteiger partial charge in [-0.1, -0.05) is 18.2 Å². The maximum Gasteiger partial charge on any atom is 0.180 e.